The third kappa shape index (κ3) is 2.40. The minimum Gasteiger partial charge on any atom is -0.378 e. The van der Waals surface area contributed by atoms with Crippen LogP contribution < -0.4 is 0 Å². The first-order chi connectivity index (χ1) is 8.04. The second kappa shape index (κ2) is 4.83. The summed E-state index contributed by atoms with van der Waals surface area (Å²) in [6, 6.07) is 8.33. The molecule has 0 spiro atoms. The third-order valence-corrected chi connectivity index (χ3v) is 4.17. The van der Waals surface area contributed by atoms with Crippen LogP contribution in [0.2, 0.25) is 0 Å². The monoisotopic (exact) mass is 250 g/mol. The Bertz CT molecular complexity index is 405. The van der Waals surface area contributed by atoms with Crippen LogP contribution in [0.3, 0.4) is 0 Å². The maximum Gasteiger partial charge on any atom is 0.145 e. The fourth-order valence-corrected chi connectivity index (χ4v) is 2.84. The van der Waals surface area contributed by atoms with Crippen LogP contribution >= 0.6 is 11.8 Å². The summed E-state index contributed by atoms with van der Waals surface area (Å²) in [7, 11) is 0. The van der Waals surface area contributed by atoms with Gasteiger partial charge in [-0.25, -0.2) is 0 Å². The topological polar surface area (TPSA) is 26.3 Å². The van der Waals surface area contributed by atoms with Crippen molar-refractivity contribution in [2.75, 3.05) is 13.2 Å². The molecule has 0 atom stereocenters. The van der Waals surface area contributed by atoms with Crippen LogP contribution in [0, 0.1) is 0 Å². The number of benzene rings is 1. The summed E-state index contributed by atoms with van der Waals surface area (Å²) >= 11 is 1.84. The first kappa shape index (κ1) is 12.7. The summed E-state index contributed by atoms with van der Waals surface area (Å²) in [6.45, 7) is 7.06. The van der Waals surface area contributed by atoms with E-state index in [0.29, 0.717) is 18.5 Å². The molecular formula is C14H18O2S. The highest BCUT2D eigenvalue weighted by molar-refractivity contribution is 7.99. The van der Waals surface area contributed by atoms with Gasteiger partial charge >= 0.3 is 0 Å². The molecule has 1 aliphatic rings. The quantitative estimate of drug-likeness (QED) is 0.768. The highest BCUT2D eigenvalue weighted by Gasteiger charge is 2.44. The molecule has 0 saturated carbocycles. The summed E-state index contributed by atoms with van der Waals surface area (Å²) in [6.07, 6.45) is 0. The molecule has 0 amide bonds. The zero-order chi connectivity index (χ0) is 12.5. The molecule has 92 valence electrons. The number of thioether (sulfide) groups is 1. The van der Waals surface area contributed by atoms with Crippen molar-refractivity contribution in [2.24, 2.45) is 0 Å². The number of hydrogen-bond donors (Lipinski definition) is 0. The van der Waals surface area contributed by atoms with E-state index < -0.39 is 0 Å². The summed E-state index contributed by atoms with van der Waals surface area (Å²) in [5.41, 5.74) is 0.713. The van der Waals surface area contributed by atoms with Gasteiger partial charge in [-0.2, -0.15) is 0 Å². The first-order valence-corrected chi connectivity index (χ1v) is 6.78. The molecule has 17 heavy (non-hydrogen) atoms. The van der Waals surface area contributed by atoms with Gasteiger partial charge in [-0.05, 0) is 24.6 Å². The van der Waals surface area contributed by atoms with Gasteiger partial charge in [0.25, 0.3) is 0 Å². The van der Waals surface area contributed by atoms with E-state index >= 15 is 0 Å². The summed E-state index contributed by atoms with van der Waals surface area (Å²) in [4.78, 5) is 13.0. The summed E-state index contributed by atoms with van der Waals surface area (Å²) in [5, 5.41) is 0.578. The van der Waals surface area contributed by atoms with E-state index in [1.807, 2.05) is 11.8 Å². The van der Waals surface area contributed by atoms with E-state index in [1.54, 1.807) is 6.92 Å². The van der Waals surface area contributed by atoms with E-state index in [4.69, 9.17) is 4.74 Å². The Morgan fingerprint density at radius 1 is 1.29 bits per heavy atom. The smallest absolute Gasteiger partial charge is 0.145 e. The van der Waals surface area contributed by atoms with Crippen LogP contribution in [0.15, 0.2) is 29.2 Å². The van der Waals surface area contributed by atoms with Gasteiger partial charge in [0, 0.05) is 10.1 Å². The van der Waals surface area contributed by atoms with Gasteiger partial charge < -0.3 is 4.74 Å². The van der Waals surface area contributed by atoms with Gasteiger partial charge in [0.1, 0.15) is 11.2 Å². The first-order valence-electron chi connectivity index (χ1n) is 5.90. The zero-order valence-electron chi connectivity index (χ0n) is 10.5. The van der Waals surface area contributed by atoms with Crippen molar-refractivity contribution >= 4 is 17.5 Å². The Hall–Kier alpha value is -0.800. The predicted octanol–water partition coefficient (Wildman–Crippen LogP) is 3.04. The lowest BCUT2D eigenvalue weighted by atomic mass is 9.75. The van der Waals surface area contributed by atoms with Gasteiger partial charge in [0.05, 0.1) is 13.2 Å². The Morgan fingerprint density at radius 3 is 2.24 bits per heavy atom. The van der Waals surface area contributed by atoms with Gasteiger partial charge in [-0.1, -0.05) is 26.0 Å². The van der Waals surface area contributed by atoms with E-state index in [0.717, 1.165) is 5.56 Å². The van der Waals surface area contributed by atoms with Crippen molar-refractivity contribution in [2.45, 2.75) is 36.3 Å². The maximum atomic E-state index is 11.7. The van der Waals surface area contributed by atoms with Crippen molar-refractivity contribution in [1.29, 1.82) is 0 Å². The molecule has 1 saturated heterocycles. The molecule has 0 N–H and O–H groups in total. The van der Waals surface area contributed by atoms with Gasteiger partial charge in [-0.3, -0.25) is 4.79 Å². The Kier molecular flexibility index (Phi) is 3.59. The predicted molar refractivity (Wildman–Crippen MR) is 70.6 cm³/mol. The van der Waals surface area contributed by atoms with Crippen molar-refractivity contribution in [1.82, 2.24) is 0 Å². The Labute approximate surface area is 107 Å². The zero-order valence-corrected chi connectivity index (χ0v) is 11.3. The molecule has 2 rings (SSSR count). The minimum absolute atomic E-state index is 0.202. The molecule has 0 aliphatic carbocycles. The lowest BCUT2D eigenvalue weighted by Gasteiger charge is -2.39. The van der Waals surface area contributed by atoms with E-state index in [1.165, 1.54) is 4.90 Å². The Morgan fingerprint density at radius 2 is 1.88 bits per heavy atom. The average molecular weight is 250 g/mol. The van der Waals surface area contributed by atoms with Crippen LogP contribution in [0.1, 0.15) is 26.3 Å². The van der Waals surface area contributed by atoms with Gasteiger partial charge in [0.2, 0.25) is 0 Å². The Balaban J connectivity index is 2.20. The molecule has 1 aliphatic heterocycles. The second-order valence-electron chi connectivity index (χ2n) is 4.82. The van der Waals surface area contributed by atoms with Crippen molar-refractivity contribution in [3.8, 4) is 0 Å². The van der Waals surface area contributed by atoms with Crippen molar-refractivity contribution in [3.63, 3.8) is 0 Å². The molecule has 1 fully saturated rings. The standard InChI is InChI=1S/C14H18O2S/c1-10(2)17-13-6-4-12(5-7-13)14(11(3)15)8-16-9-14/h4-7,10H,8-9H2,1-3H3. The number of ether oxygens (including phenoxy) is 1. The molecule has 0 unspecified atom stereocenters. The SMILES string of the molecule is CC(=O)C1(c2ccc(SC(C)C)cc2)COC1. The largest absolute Gasteiger partial charge is 0.378 e. The second-order valence-corrected chi connectivity index (χ2v) is 6.47. The number of carbonyl (C=O) groups is 1. The molecule has 0 aromatic heterocycles. The number of hydrogen-bond acceptors (Lipinski definition) is 3. The average Bonchev–Trinajstić information content (AvgIpc) is 2.17. The molecule has 0 radical (unpaired) electrons. The number of carbonyl (C=O) groups excluding carboxylic acids is 1. The number of Topliss-reactive ketones (excluding diaryl/α,β-unsaturated/α-hetero) is 1. The highest BCUT2D eigenvalue weighted by Crippen LogP contribution is 2.34. The molecule has 1 aromatic rings. The summed E-state index contributed by atoms with van der Waals surface area (Å²) < 4.78 is 5.22. The van der Waals surface area contributed by atoms with Gasteiger partial charge in [0.15, 0.2) is 0 Å². The van der Waals surface area contributed by atoms with Crippen LogP contribution in [0.25, 0.3) is 0 Å². The fraction of sp³-hybridized carbons (Fsp3) is 0.500. The highest BCUT2D eigenvalue weighted by atomic mass is 32.2. The molecule has 1 aromatic carbocycles. The number of rotatable bonds is 4. The van der Waals surface area contributed by atoms with Crippen LogP contribution in [-0.2, 0) is 14.9 Å². The molecule has 3 heteroatoms. The normalized spacial score (nSPS) is 17.9. The lowest BCUT2D eigenvalue weighted by Crippen LogP contribution is -2.52. The van der Waals surface area contributed by atoms with Crippen LogP contribution in [0.4, 0.5) is 0 Å². The molecule has 2 nitrogen and oxygen atoms in total. The van der Waals surface area contributed by atoms with Crippen molar-refractivity contribution in [3.05, 3.63) is 29.8 Å². The third-order valence-electron chi connectivity index (χ3n) is 3.15. The van der Waals surface area contributed by atoms with Crippen molar-refractivity contribution < 1.29 is 9.53 Å². The number of ketones is 1. The van der Waals surface area contributed by atoms with Gasteiger partial charge in [-0.15, -0.1) is 11.8 Å². The van der Waals surface area contributed by atoms with Crippen LogP contribution in [-0.4, -0.2) is 24.2 Å². The molecule has 0 bridgehead atoms. The maximum absolute atomic E-state index is 11.7. The minimum atomic E-state index is -0.374. The van der Waals surface area contributed by atoms with E-state index in [-0.39, 0.29) is 11.2 Å². The molecule has 1 heterocycles. The van der Waals surface area contributed by atoms with E-state index in [9.17, 15) is 4.79 Å². The lowest BCUT2D eigenvalue weighted by molar-refractivity contribution is -0.140. The van der Waals surface area contributed by atoms with E-state index in [2.05, 4.69) is 38.1 Å². The molecular weight excluding hydrogens is 232 g/mol. The summed E-state index contributed by atoms with van der Waals surface area (Å²) in [5.74, 6) is 0.202. The fourth-order valence-electron chi connectivity index (χ4n) is 2.00. The van der Waals surface area contributed by atoms with Crippen LogP contribution in [0.5, 0.6) is 0 Å².